The number of hydrogen-bond donors (Lipinski definition) is 0. The third-order valence-electron chi connectivity index (χ3n) is 1.77. The highest BCUT2D eigenvalue weighted by Gasteiger charge is 1.94. The first-order chi connectivity index (χ1) is 6.27. The molecule has 0 atom stereocenters. The van der Waals surface area contributed by atoms with Crippen LogP contribution in [-0.2, 0) is 4.74 Å². The van der Waals surface area contributed by atoms with E-state index in [9.17, 15) is 4.79 Å². The summed E-state index contributed by atoms with van der Waals surface area (Å²) in [4.78, 5) is 10.1. The summed E-state index contributed by atoms with van der Waals surface area (Å²) in [6, 6.07) is 0. The van der Waals surface area contributed by atoms with Crippen LogP contribution in [0.15, 0.2) is 12.7 Å². The topological polar surface area (TPSA) is 26.3 Å². The van der Waals surface area contributed by atoms with E-state index in [0.29, 0.717) is 6.61 Å². The second-order valence-corrected chi connectivity index (χ2v) is 3.24. The number of hydrogen-bond acceptors (Lipinski definition) is 2. The Morgan fingerprint density at radius 2 is 1.85 bits per heavy atom. The van der Waals surface area contributed by atoms with Crippen LogP contribution in [-0.4, -0.2) is 12.0 Å². The summed E-state index contributed by atoms with van der Waals surface area (Å²) in [5.74, 6) is 0. The number of halogens is 1. The van der Waals surface area contributed by atoms with Crippen molar-refractivity contribution in [2.75, 3.05) is 6.61 Å². The summed E-state index contributed by atoms with van der Waals surface area (Å²) in [5, 5.41) is 0. The van der Waals surface area contributed by atoms with Crippen LogP contribution in [0, 0.1) is 0 Å². The Hall–Kier alpha value is -0.500. The fourth-order valence-corrected chi connectivity index (χ4v) is 1.15. The minimum atomic E-state index is -0.702. The van der Waals surface area contributed by atoms with E-state index < -0.39 is 5.43 Å². The zero-order valence-corrected chi connectivity index (χ0v) is 8.68. The van der Waals surface area contributed by atoms with E-state index in [1.807, 2.05) is 6.08 Å². The zero-order valence-electron chi connectivity index (χ0n) is 7.93. The number of unbranched alkanes of at least 4 members (excludes halogenated alkanes) is 5. The molecule has 0 aliphatic rings. The van der Waals surface area contributed by atoms with Crippen LogP contribution in [0.1, 0.15) is 38.5 Å². The second-order valence-electron chi connectivity index (χ2n) is 2.93. The van der Waals surface area contributed by atoms with Gasteiger partial charge in [0.1, 0.15) is 0 Å². The molecule has 0 unspecified atom stereocenters. The molecule has 0 fully saturated rings. The van der Waals surface area contributed by atoms with Gasteiger partial charge in [-0.25, -0.2) is 4.79 Å². The standard InChI is InChI=1S/C10H17ClO2/c1-2-3-4-5-6-7-8-9-13-10(11)12/h2H,1,3-9H2. The monoisotopic (exact) mass is 204 g/mol. The Kier molecular flexibility index (Phi) is 9.22. The van der Waals surface area contributed by atoms with Gasteiger partial charge in [-0.2, -0.15) is 0 Å². The predicted molar refractivity (Wildman–Crippen MR) is 55.1 cm³/mol. The summed E-state index contributed by atoms with van der Waals surface area (Å²) < 4.78 is 4.58. The number of carbonyl (C=O) groups is 1. The van der Waals surface area contributed by atoms with Crippen molar-refractivity contribution < 1.29 is 9.53 Å². The second kappa shape index (κ2) is 9.59. The first-order valence-electron chi connectivity index (χ1n) is 4.70. The van der Waals surface area contributed by atoms with E-state index in [4.69, 9.17) is 11.6 Å². The Morgan fingerprint density at radius 1 is 1.23 bits per heavy atom. The summed E-state index contributed by atoms with van der Waals surface area (Å²) >= 11 is 4.99. The molecule has 0 spiro atoms. The minimum Gasteiger partial charge on any atom is -0.454 e. The summed E-state index contributed by atoms with van der Waals surface area (Å²) in [6.07, 6.45) is 8.66. The average molecular weight is 205 g/mol. The molecule has 0 aliphatic carbocycles. The van der Waals surface area contributed by atoms with Crippen molar-refractivity contribution in [3.05, 3.63) is 12.7 Å². The predicted octanol–water partition coefficient (Wildman–Crippen LogP) is 3.89. The van der Waals surface area contributed by atoms with Crippen LogP contribution in [0.4, 0.5) is 4.79 Å². The van der Waals surface area contributed by atoms with Gasteiger partial charge >= 0.3 is 5.43 Å². The molecule has 0 heterocycles. The Labute approximate surface area is 84.9 Å². The molecule has 0 bridgehead atoms. The van der Waals surface area contributed by atoms with Crippen LogP contribution in [0.5, 0.6) is 0 Å². The van der Waals surface area contributed by atoms with Gasteiger partial charge in [-0.05, 0) is 19.3 Å². The van der Waals surface area contributed by atoms with Gasteiger partial charge in [-0.3, -0.25) is 0 Å². The fourth-order valence-electron chi connectivity index (χ4n) is 1.07. The lowest BCUT2D eigenvalue weighted by atomic mass is 10.1. The van der Waals surface area contributed by atoms with Crippen molar-refractivity contribution in [1.29, 1.82) is 0 Å². The summed E-state index contributed by atoms with van der Waals surface area (Å²) in [5.41, 5.74) is -0.702. The number of ether oxygens (including phenoxy) is 1. The lowest BCUT2D eigenvalue weighted by Crippen LogP contribution is -1.96. The van der Waals surface area contributed by atoms with Gasteiger partial charge in [-0.1, -0.05) is 25.3 Å². The molecule has 13 heavy (non-hydrogen) atoms. The SMILES string of the molecule is C=CCCCCCCCOC(=O)Cl. The number of rotatable bonds is 8. The van der Waals surface area contributed by atoms with E-state index in [1.165, 1.54) is 19.3 Å². The highest BCUT2D eigenvalue weighted by Crippen LogP contribution is 2.05. The van der Waals surface area contributed by atoms with Crippen molar-refractivity contribution >= 4 is 17.0 Å². The van der Waals surface area contributed by atoms with Crippen molar-refractivity contribution in [2.45, 2.75) is 38.5 Å². The Balaban J connectivity index is 2.91. The maximum absolute atomic E-state index is 10.1. The van der Waals surface area contributed by atoms with E-state index in [2.05, 4.69) is 11.3 Å². The lowest BCUT2D eigenvalue weighted by Gasteiger charge is -2.00. The van der Waals surface area contributed by atoms with Gasteiger partial charge in [0.25, 0.3) is 0 Å². The molecule has 0 radical (unpaired) electrons. The molecule has 0 saturated carbocycles. The molecule has 0 aromatic heterocycles. The molecule has 76 valence electrons. The van der Waals surface area contributed by atoms with Crippen LogP contribution in [0.25, 0.3) is 0 Å². The third kappa shape index (κ3) is 11.5. The Morgan fingerprint density at radius 3 is 2.46 bits per heavy atom. The summed E-state index contributed by atoms with van der Waals surface area (Å²) in [6.45, 7) is 4.10. The molecule has 2 nitrogen and oxygen atoms in total. The fraction of sp³-hybridized carbons (Fsp3) is 0.700. The number of allylic oxidation sites excluding steroid dienone is 1. The zero-order chi connectivity index (χ0) is 9.94. The van der Waals surface area contributed by atoms with Gasteiger partial charge in [0.15, 0.2) is 0 Å². The van der Waals surface area contributed by atoms with Crippen molar-refractivity contribution in [3.8, 4) is 0 Å². The Bertz CT molecular complexity index is 146. The molecule has 0 aromatic rings. The molecule has 0 amide bonds. The molecule has 0 saturated heterocycles. The van der Waals surface area contributed by atoms with Gasteiger partial charge in [0.05, 0.1) is 6.61 Å². The molecule has 3 heteroatoms. The van der Waals surface area contributed by atoms with Crippen LogP contribution < -0.4 is 0 Å². The maximum atomic E-state index is 10.1. The average Bonchev–Trinajstić information content (AvgIpc) is 2.09. The lowest BCUT2D eigenvalue weighted by molar-refractivity contribution is 0.170. The van der Waals surface area contributed by atoms with Gasteiger partial charge in [0.2, 0.25) is 0 Å². The highest BCUT2D eigenvalue weighted by molar-refractivity contribution is 6.61. The van der Waals surface area contributed by atoms with Crippen molar-refractivity contribution in [3.63, 3.8) is 0 Å². The smallest absolute Gasteiger partial charge is 0.403 e. The van der Waals surface area contributed by atoms with Gasteiger partial charge in [0, 0.05) is 11.6 Å². The highest BCUT2D eigenvalue weighted by atomic mass is 35.5. The van der Waals surface area contributed by atoms with E-state index in [0.717, 1.165) is 19.3 Å². The first kappa shape index (κ1) is 12.5. The van der Waals surface area contributed by atoms with Crippen LogP contribution in [0.3, 0.4) is 0 Å². The van der Waals surface area contributed by atoms with Crippen molar-refractivity contribution in [1.82, 2.24) is 0 Å². The van der Waals surface area contributed by atoms with E-state index in [1.54, 1.807) is 0 Å². The molecule has 0 N–H and O–H groups in total. The maximum Gasteiger partial charge on any atom is 0.403 e. The first-order valence-corrected chi connectivity index (χ1v) is 5.08. The van der Waals surface area contributed by atoms with E-state index in [-0.39, 0.29) is 0 Å². The normalized spacial score (nSPS) is 9.62. The quantitative estimate of drug-likeness (QED) is 0.341. The summed E-state index contributed by atoms with van der Waals surface area (Å²) in [7, 11) is 0. The largest absolute Gasteiger partial charge is 0.454 e. The minimum absolute atomic E-state index is 0.448. The molecule has 0 aliphatic heterocycles. The van der Waals surface area contributed by atoms with Crippen LogP contribution >= 0.6 is 11.6 Å². The molecule has 0 rings (SSSR count). The van der Waals surface area contributed by atoms with E-state index >= 15 is 0 Å². The van der Waals surface area contributed by atoms with Crippen LogP contribution in [0.2, 0.25) is 0 Å². The van der Waals surface area contributed by atoms with Gasteiger partial charge in [-0.15, -0.1) is 6.58 Å². The molecular formula is C10H17ClO2. The molecular weight excluding hydrogens is 188 g/mol. The third-order valence-corrected chi connectivity index (χ3v) is 1.88. The van der Waals surface area contributed by atoms with Crippen molar-refractivity contribution in [2.24, 2.45) is 0 Å². The van der Waals surface area contributed by atoms with Gasteiger partial charge < -0.3 is 4.74 Å². The number of carbonyl (C=O) groups excluding carboxylic acids is 1. The molecule has 0 aromatic carbocycles.